The predicted molar refractivity (Wildman–Crippen MR) is 107 cm³/mol. The van der Waals surface area contributed by atoms with Crippen molar-refractivity contribution in [3.05, 3.63) is 48.0 Å². The van der Waals surface area contributed by atoms with Gasteiger partial charge >= 0.3 is 0 Å². The van der Waals surface area contributed by atoms with E-state index in [-0.39, 0.29) is 12.0 Å². The van der Waals surface area contributed by atoms with Crippen LogP contribution in [0.3, 0.4) is 0 Å². The Morgan fingerprint density at radius 1 is 0.926 bits per heavy atom. The van der Waals surface area contributed by atoms with Crippen molar-refractivity contribution in [3.63, 3.8) is 0 Å². The largest absolute Gasteiger partial charge is 0.391 e. The zero-order valence-corrected chi connectivity index (χ0v) is 15.8. The summed E-state index contributed by atoms with van der Waals surface area (Å²) in [5, 5.41) is 13.0. The van der Waals surface area contributed by atoms with E-state index in [9.17, 15) is 9.90 Å². The van der Waals surface area contributed by atoms with Crippen molar-refractivity contribution >= 4 is 16.7 Å². The van der Waals surface area contributed by atoms with Crippen LogP contribution < -0.4 is 0 Å². The lowest BCUT2D eigenvalue weighted by Gasteiger charge is -2.40. The molecule has 2 aliphatic heterocycles. The van der Waals surface area contributed by atoms with Gasteiger partial charge in [0.15, 0.2) is 0 Å². The number of carbonyl (C=O) groups excluding carboxylic acids is 1. The van der Waals surface area contributed by atoms with Crippen LogP contribution in [0.5, 0.6) is 0 Å². The Balaban J connectivity index is 1.31. The number of carbonyl (C=O) groups is 1. The quantitative estimate of drug-likeness (QED) is 0.890. The zero-order valence-electron chi connectivity index (χ0n) is 15.8. The monoisotopic (exact) mass is 364 g/mol. The van der Waals surface area contributed by atoms with Crippen molar-refractivity contribution in [2.45, 2.75) is 37.8 Å². The molecule has 1 amide bonds. The van der Waals surface area contributed by atoms with Crippen LogP contribution in [0.25, 0.3) is 10.8 Å². The van der Waals surface area contributed by atoms with E-state index in [1.165, 1.54) is 18.2 Å². The van der Waals surface area contributed by atoms with Gasteiger partial charge in [0.05, 0.1) is 6.10 Å². The topological polar surface area (TPSA) is 43.8 Å². The average molecular weight is 364 g/mol. The van der Waals surface area contributed by atoms with Crippen LogP contribution in [0.2, 0.25) is 0 Å². The highest BCUT2D eigenvalue weighted by Crippen LogP contribution is 2.39. The summed E-state index contributed by atoms with van der Waals surface area (Å²) in [6.07, 6.45) is 4.15. The molecular formula is C23H28N2O2. The van der Waals surface area contributed by atoms with Crippen LogP contribution in [0, 0.1) is 11.8 Å². The molecule has 4 atom stereocenters. The molecule has 3 aliphatic rings. The molecule has 1 N–H and O–H groups in total. The van der Waals surface area contributed by atoms with Gasteiger partial charge in [0.1, 0.15) is 0 Å². The number of amides is 1. The smallest absolute Gasteiger partial charge is 0.253 e. The van der Waals surface area contributed by atoms with Crippen LogP contribution in [0.1, 0.15) is 36.0 Å². The lowest BCUT2D eigenvalue weighted by Crippen LogP contribution is -2.48. The second kappa shape index (κ2) is 6.92. The summed E-state index contributed by atoms with van der Waals surface area (Å²) in [7, 11) is 0. The van der Waals surface area contributed by atoms with E-state index in [4.69, 9.17) is 0 Å². The van der Waals surface area contributed by atoms with E-state index in [2.05, 4.69) is 17.0 Å². The lowest BCUT2D eigenvalue weighted by atomic mass is 9.77. The molecule has 3 fully saturated rings. The molecule has 0 unspecified atom stereocenters. The number of aliphatic hydroxyl groups is 1. The van der Waals surface area contributed by atoms with Crippen LogP contribution in [-0.4, -0.2) is 59.1 Å². The van der Waals surface area contributed by atoms with Crippen molar-refractivity contribution in [3.8, 4) is 0 Å². The molecule has 0 radical (unpaired) electrons. The summed E-state index contributed by atoms with van der Waals surface area (Å²) in [5.74, 6) is 1.12. The summed E-state index contributed by atoms with van der Waals surface area (Å²) < 4.78 is 0. The van der Waals surface area contributed by atoms with Crippen LogP contribution >= 0.6 is 0 Å². The highest BCUT2D eigenvalue weighted by Gasteiger charge is 2.44. The third-order valence-electron chi connectivity index (χ3n) is 7.00. The van der Waals surface area contributed by atoms with Gasteiger partial charge in [-0.25, -0.2) is 0 Å². The number of nitrogens with zero attached hydrogens (tertiary/aromatic N) is 2. The Hall–Kier alpha value is -1.91. The molecule has 2 saturated heterocycles. The van der Waals surface area contributed by atoms with E-state index < -0.39 is 0 Å². The molecular weight excluding hydrogens is 336 g/mol. The summed E-state index contributed by atoms with van der Waals surface area (Å²) in [5.41, 5.74) is 0.781. The molecule has 2 aromatic rings. The lowest BCUT2D eigenvalue weighted by molar-refractivity contribution is -0.000864. The maximum atomic E-state index is 13.1. The first-order chi connectivity index (χ1) is 13.2. The summed E-state index contributed by atoms with van der Waals surface area (Å²) in [6, 6.07) is 14.5. The number of hydrogen-bond acceptors (Lipinski definition) is 3. The fourth-order valence-electron chi connectivity index (χ4n) is 5.54. The van der Waals surface area contributed by atoms with Crippen molar-refractivity contribution in [1.29, 1.82) is 0 Å². The molecule has 2 aromatic carbocycles. The van der Waals surface area contributed by atoms with E-state index >= 15 is 0 Å². The van der Waals surface area contributed by atoms with E-state index in [1.807, 2.05) is 35.2 Å². The highest BCUT2D eigenvalue weighted by atomic mass is 16.3. The molecule has 142 valence electrons. The molecule has 27 heavy (non-hydrogen) atoms. The number of benzene rings is 2. The molecule has 0 aromatic heterocycles. The first-order valence-electron chi connectivity index (χ1n) is 10.4. The average Bonchev–Trinajstić information content (AvgIpc) is 3.35. The normalized spacial score (nSPS) is 31.4. The summed E-state index contributed by atoms with van der Waals surface area (Å²) >= 11 is 0. The van der Waals surface area contributed by atoms with Gasteiger partial charge < -0.3 is 10.0 Å². The second-order valence-electron chi connectivity index (χ2n) is 8.64. The fraction of sp³-hybridized carbons (Fsp3) is 0.522. The van der Waals surface area contributed by atoms with Gasteiger partial charge in [0.2, 0.25) is 0 Å². The van der Waals surface area contributed by atoms with E-state index in [0.29, 0.717) is 17.9 Å². The van der Waals surface area contributed by atoms with E-state index in [1.54, 1.807) is 0 Å². The summed E-state index contributed by atoms with van der Waals surface area (Å²) in [4.78, 5) is 17.6. The van der Waals surface area contributed by atoms with Gasteiger partial charge in [-0.3, -0.25) is 9.69 Å². The third-order valence-corrected chi connectivity index (χ3v) is 7.00. The number of aliphatic hydroxyl groups excluding tert-OH is 1. The molecule has 4 heteroatoms. The van der Waals surface area contributed by atoms with Crippen LogP contribution in [0.4, 0.5) is 0 Å². The molecule has 0 spiro atoms. The Kier molecular flexibility index (Phi) is 4.41. The molecule has 5 rings (SSSR count). The second-order valence-corrected chi connectivity index (χ2v) is 8.64. The Labute approximate surface area is 160 Å². The SMILES string of the molecule is O=C(c1ccc2ccccc2c1)N1C[C@H]2C[C@@H](N3CCCC3)[C@H](O)C[C@H]2C1. The summed E-state index contributed by atoms with van der Waals surface area (Å²) in [6.45, 7) is 3.88. The molecule has 1 saturated carbocycles. The van der Waals surface area contributed by atoms with Crippen LogP contribution in [-0.2, 0) is 0 Å². The minimum atomic E-state index is -0.236. The first kappa shape index (κ1) is 17.2. The minimum Gasteiger partial charge on any atom is -0.391 e. The maximum Gasteiger partial charge on any atom is 0.253 e. The van der Waals surface area contributed by atoms with Crippen molar-refractivity contribution in [1.82, 2.24) is 9.80 Å². The van der Waals surface area contributed by atoms with Gasteiger partial charge in [-0.2, -0.15) is 0 Å². The highest BCUT2D eigenvalue weighted by molar-refractivity contribution is 5.98. The maximum absolute atomic E-state index is 13.1. The fourth-order valence-corrected chi connectivity index (χ4v) is 5.54. The zero-order chi connectivity index (χ0) is 18.4. The van der Waals surface area contributed by atoms with Gasteiger partial charge in [0.25, 0.3) is 5.91 Å². The van der Waals surface area contributed by atoms with Crippen molar-refractivity contribution < 1.29 is 9.90 Å². The van der Waals surface area contributed by atoms with Gasteiger partial charge in [-0.05, 0) is 73.5 Å². The van der Waals surface area contributed by atoms with E-state index in [0.717, 1.165) is 50.0 Å². The number of rotatable bonds is 2. The molecule has 2 heterocycles. The molecule has 0 bridgehead atoms. The number of hydrogen-bond donors (Lipinski definition) is 1. The van der Waals surface area contributed by atoms with Crippen molar-refractivity contribution in [2.24, 2.45) is 11.8 Å². The predicted octanol–water partition coefficient (Wildman–Crippen LogP) is 3.15. The number of fused-ring (bicyclic) bond motifs is 2. The van der Waals surface area contributed by atoms with Crippen LogP contribution in [0.15, 0.2) is 42.5 Å². The Morgan fingerprint density at radius 3 is 2.41 bits per heavy atom. The Morgan fingerprint density at radius 2 is 1.63 bits per heavy atom. The molecule has 4 nitrogen and oxygen atoms in total. The van der Waals surface area contributed by atoms with Gasteiger partial charge in [0, 0.05) is 24.7 Å². The molecule has 1 aliphatic carbocycles. The van der Waals surface area contributed by atoms with Crippen molar-refractivity contribution in [2.75, 3.05) is 26.2 Å². The number of likely N-dealkylation sites (tertiary alicyclic amines) is 2. The third kappa shape index (κ3) is 3.15. The standard InChI is InChI=1S/C23H28N2O2/c26-22-13-20-15-25(14-19(20)12-21(22)24-9-3-4-10-24)23(27)18-8-7-16-5-1-2-6-17(16)11-18/h1-2,5-8,11,19-22,26H,3-4,9-10,12-15H2/t19-,20+,21-,22-/m1/s1. The minimum absolute atomic E-state index is 0.141. The van der Waals surface area contributed by atoms with Gasteiger partial charge in [-0.15, -0.1) is 0 Å². The first-order valence-corrected chi connectivity index (χ1v) is 10.4. The Bertz CT molecular complexity index is 845. The van der Waals surface area contributed by atoms with Gasteiger partial charge in [-0.1, -0.05) is 30.3 Å².